The lowest BCUT2D eigenvalue weighted by Crippen LogP contribution is -2.35. The topological polar surface area (TPSA) is 76.5 Å². The van der Waals surface area contributed by atoms with Crippen LogP contribution < -0.4 is 10.1 Å². The van der Waals surface area contributed by atoms with Crippen LogP contribution in [-0.4, -0.2) is 47.2 Å². The van der Waals surface area contributed by atoms with E-state index in [0.29, 0.717) is 17.0 Å². The average molecular weight is 469 g/mol. The molecule has 1 aromatic heterocycles. The molecule has 0 unspecified atom stereocenters. The minimum atomic E-state index is -0.302. The van der Waals surface area contributed by atoms with Crippen LogP contribution in [0.5, 0.6) is 5.75 Å². The molecule has 4 rings (SSSR count). The molecule has 7 heteroatoms. The van der Waals surface area contributed by atoms with Gasteiger partial charge in [-0.15, -0.1) is 0 Å². The van der Waals surface area contributed by atoms with Crippen molar-refractivity contribution in [3.8, 4) is 22.7 Å². The molecule has 0 aliphatic heterocycles. The molecule has 0 aliphatic rings. The number of methoxy groups -OCH3 is 1. The second-order valence-corrected chi connectivity index (χ2v) is 8.12. The van der Waals surface area contributed by atoms with Gasteiger partial charge in [-0.2, -0.15) is 5.10 Å². The van der Waals surface area contributed by atoms with E-state index in [0.717, 1.165) is 28.9 Å². The predicted molar refractivity (Wildman–Crippen MR) is 137 cm³/mol. The van der Waals surface area contributed by atoms with Crippen molar-refractivity contribution in [2.24, 2.45) is 0 Å². The average Bonchev–Trinajstić information content (AvgIpc) is 3.34. The summed E-state index contributed by atoms with van der Waals surface area (Å²) in [6.07, 6.45) is 2.50. The van der Waals surface area contributed by atoms with Gasteiger partial charge >= 0.3 is 0 Å². The zero-order chi connectivity index (χ0) is 24.8. The number of anilines is 1. The Labute approximate surface area is 205 Å². The van der Waals surface area contributed by atoms with Gasteiger partial charge in [0, 0.05) is 24.5 Å². The normalized spacial score (nSPS) is 10.6. The number of carbonyl (C=O) groups is 2. The van der Waals surface area contributed by atoms with Crippen molar-refractivity contribution in [1.82, 2.24) is 14.7 Å². The number of hydrogen-bond donors (Lipinski definition) is 1. The first-order chi connectivity index (χ1) is 17.0. The van der Waals surface area contributed by atoms with Gasteiger partial charge in [-0.1, -0.05) is 55.5 Å². The van der Waals surface area contributed by atoms with Gasteiger partial charge in [0.1, 0.15) is 11.4 Å². The smallest absolute Gasteiger partial charge is 0.257 e. The quantitative estimate of drug-likeness (QED) is 0.402. The number of para-hydroxylation sites is 2. The molecule has 2 amide bonds. The van der Waals surface area contributed by atoms with Gasteiger partial charge in [0.15, 0.2) is 0 Å². The molecule has 35 heavy (non-hydrogen) atoms. The molecule has 0 saturated carbocycles. The van der Waals surface area contributed by atoms with Crippen LogP contribution in [0.2, 0.25) is 0 Å². The van der Waals surface area contributed by atoms with Crippen LogP contribution in [0.15, 0.2) is 85.1 Å². The maximum Gasteiger partial charge on any atom is 0.257 e. The summed E-state index contributed by atoms with van der Waals surface area (Å²) in [4.78, 5) is 27.7. The molecule has 0 atom stereocenters. The van der Waals surface area contributed by atoms with Crippen LogP contribution in [0.25, 0.3) is 16.9 Å². The molecule has 0 spiro atoms. The number of carbonyl (C=O) groups excluding carboxylic acids is 2. The van der Waals surface area contributed by atoms with Crippen molar-refractivity contribution in [2.75, 3.05) is 26.0 Å². The van der Waals surface area contributed by atoms with Gasteiger partial charge in [-0.3, -0.25) is 9.59 Å². The lowest BCUT2D eigenvalue weighted by Gasteiger charge is -2.17. The van der Waals surface area contributed by atoms with E-state index in [9.17, 15) is 9.59 Å². The number of benzene rings is 3. The number of likely N-dealkylation sites (N-methyl/N-ethyl adjacent to an activating group) is 1. The Kier molecular flexibility index (Phi) is 7.26. The minimum Gasteiger partial charge on any atom is -0.497 e. The highest BCUT2D eigenvalue weighted by atomic mass is 16.5. The molecule has 1 heterocycles. The predicted octanol–water partition coefficient (Wildman–Crippen LogP) is 4.82. The first-order valence-corrected chi connectivity index (χ1v) is 11.4. The fourth-order valence-electron chi connectivity index (χ4n) is 3.86. The first-order valence-electron chi connectivity index (χ1n) is 11.4. The van der Waals surface area contributed by atoms with Crippen LogP contribution in [0.3, 0.4) is 0 Å². The van der Waals surface area contributed by atoms with Crippen LogP contribution in [-0.2, 0) is 11.2 Å². The number of aromatic nitrogens is 2. The highest BCUT2D eigenvalue weighted by Gasteiger charge is 2.23. The number of nitrogens with one attached hydrogen (secondary N) is 1. The fourth-order valence-corrected chi connectivity index (χ4v) is 3.86. The lowest BCUT2D eigenvalue weighted by molar-refractivity contribution is -0.116. The van der Waals surface area contributed by atoms with Gasteiger partial charge in [0.25, 0.3) is 5.91 Å². The Balaban J connectivity index is 1.62. The first kappa shape index (κ1) is 23.8. The molecule has 178 valence electrons. The number of rotatable bonds is 8. The van der Waals surface area contributed by atoms with E-state index in [4.69, 9.17) is 9.84 Å². The third kappa shape index (κ3) is 5.41. The van der Waals surface area contributed by atoms with Crippen molar-refractivity contribution in [3.05, 3.63) is 96.2 Å². The molecule has 0 saturated heterocycles. The second kappa shape index (κ2) is 10.7. The summed E-state index contributed by atoms with van der Waals surface area (Å²) >= 11 is 0. The van der Waals surface area contributed by atoms with E-state index >= 15 is 0 Å². The van der Waals surface area contributed by atoms with Crippen molar-refractivity contribution in [3.63, 3.8) is 0 Å². The zero-order valence-corrected chi connectivity index (χ0v) is 20.1. The van der Waals surface area contributed by atoms with E-state index < -0.39 is 0 Å². The molecule has 7 nitrogen and oxygen atoms in total. The van der Waals surface area contributed by atoms with Gasteiger partial charge in [0.2, 0.25) is 5.91 Å². The summed E-state index contributed by atoms with van der Waals surface area (Å²) in [6, 6.07) is 24.6. The van der Waals surface area contributed by atoms with Crippen LogP contribution in [0.4, 0.5) is 5.69 Å². The Morgan fingerprint density at radius 1 is 1.00 bits per heavy atom. The summed E-state index contributed by atoms with van der Waals surface area (Å²) in [5.41, 5.74) is 4.28. The largest absolute Gasteiger partial charge is 0.497 e. The molecule has 3 aromatic carbocycles. The van der Waals surface area contributed by atoms with Crippen molar-refractivity contribution in [1.29, 1.82) is 0 Å². The molecular weight excluding hydrogens is 440 g/mol. The maximum atomic E-state index is 13.5. The molecular formula is C28H28N4O3. The molecule has 0 aliphatic carbocycles. The zero-order valence-electron chi connectivity index (χ0n) is 20.1. The Bertz CT molecular complexity index is 1330. The van der Waals surface area contributed by atoms with Gasteiger partial charge in [-0.05, 0) is 42.3 Å². The van der Waals surface area contributed by atoms with Crippen LogP contribution in [0.1, 0.15) is 22.8 Å². The van der Waals surface area contributed by atoms with Crippen LogP contribution in [0, 0.1) is 0 Å². The third-order valence-corrected chi connectivity index (χ3v) is 5.71. The monoisotopic (exact) mass is 468 g/mol. The minimum absolute atomic E-state index is 0.0923. The van der Waals surface area contributed by atoms with E-state index in [1.807, 2.05) is 85.8 Å². The summed E-state index contributed by atoms with van der Waals surface area (Å²) < 4.78 is 7.03. The van der Waals surface area contributed by atoms with E-state index in [2.05, 4.69) is 5.32 Å². The second-order valence-electron chi connectivity index (χ2n) is 8.12. The van der Waals surface area contributed by atoms with Gasteiger partial charge < -0.3 is 15.0 Å². The molecule has 4 aromatic rings. The Morgan fingerprint density at radius 3 is 2.49 bits per heavy atom. The Hall–Kier alpha value is -4.39. The summed E-state index contributed by atoms with van der Waals surface area (Å²) in [6.45, 7) is 1.94. The van der Waals surface area contributed by atoms with E-state index in [1.165, 1.54) is 4.90 Å². The van der Waals surface area contributed by atoms with E-state index in [-0.39, 0.29) is 18.4 Å². The molecule has 1 N–H and O–H groups in total. The lowest BCUT2D eigenvalue weighted by atomic mass is 10.1. The number of hydrogen-bond acceptors (Lipinski definition) is 4. The van der Waals surface area contributed by atoms with Gasteiger partial charge in [-0.25, -0.2) is 4.68 Å². The number of amides is 2. The van der Waals surface area contributed by atoms with Crippen molar-refractivity contribution >= 4 is 17.5 Å². The van der Waals surface area contributed by atoms with Gasteiger partial charge in [0.05, 0.1) is 24.9 Å². The Morgan fingerprint density at radius 2 is 1.74 bits per heavy atom. The SMILES string of the molecule is CCc1ccccc1NC(=O)CN(C)C(=O)c1cn(-c2ccccc2)nc1-c1cccc(OC)c1. The fraction of sp³-hybridized carbons (Fsp3) is 0.179. The highest BCUT2D eigenvalue weighted by Crippen LogP contribution is 2.28. The number of aryl methyl sites for hydroxylation is 1. The highest BCUT2D eigenvalue weighted by molar-refractivity contribution is 6.02. The van der Waals surface area contributed by atoms with Crippen molar-refractivity contribution < 1.29 is 14.3 Å². The maximum absolute atomic E-state index is 13.5. The molecule has 0 bridgehead atoms. The number of nitrogens with zero attached hydrogens (tertiary/aromatic N) is 3. The standard InChI is InChI=1S/C28H28N4O3/c1-4-20-11-8-9-16-25(20)29-26(33)19-31(2)28(34)24-18-32(22-13-6-5-7-14-22)30-27(24)21-12-10-15-23(17-21)35-3/h5-18H,4,19H2,1-3H3,(H,29,33). The molecule has 0 fully saturated rings. The van der Waals surface area contributed by atoms with E-state index in [1.54, 1.807) is 25.0 Å². The summed E-state index contributed by atoms with van der Waals surface area (Å²) in [5, 5.41) is 7.63. The molecule has 0 radical (unpaired) electrons. The summed E-state index contributed by atoms with van der Waals surface area (Å²) in [5.74, 6) is 0.0986. The number of ether oxygens (including phenoxy) is 1. The van der Waals surface area contributed by atoms with Crippen molar-refractivity contribution in [2.45, 2.75) is 13.3 Å². The van der Waals surface area contributed by atoms with Crippen LogP contribution >= 0.6 is 0 Å². The third-order valence-electron chi connectivity index (χ3n) is 5.71. The summed E-state index contributed by atoms with van der Waals surface area (Å²) in [7, 11) is 3.21.